The van der Waals surface area contributed by atoms with Gasteiger partial charge in [-0.3, -0.25) is 14.3 Å². The van der Waals surface area contributed by atoms with E-state index in [-0.39, 0.29) is 5.56 Å². The van der Waals surface area contributed by atoms with E-state index in [9.17, 15) is 4.79 Å². The van der Waals surface area contributed by atoms with Gasteiger partial charge < -0.3 is 14.8 Å². The molecule has 0 amide bonds. The van der Waals surface area contributed by atoms with Gasteiger partial charge in [-0.15, -0.1) is 11.3 Å². The molecule has 2 aliphatic rings. The molecule has 7 nitrogen and oxygen atoms in total. The third-order valence-electron chi connectivity index (χ3n) is 7.54. The molecule has 1 fully saturated rings. The molecule has 1 unspecified atom stereocenters. The fourth-order valence-electron chi connectivity index (χ4n) is 5.57. The van der Waals surface area contributed by atoms with Crippen molar-refractivity contribution in [1.82, 2.24) is 19.8 Å². The molecule has 1 aliphatic heterocycles. The Morgan fingerprint density at radius 3 is 2.83 bits per heavy atom. The highest BCUT2D eigenvalue weighted by atomic mass is 32.1. The standard InChI is InChI=1S/C28H32N4O3S/c1-34-24-9-6-19(21-4-2-3-5-22(21)24)17-32-18-30-27-26(28(32)33)23-8-7-20(16-25(23)36-27)29-10-11-31-12-14-35-15-13-31/h2-6,9,18,20,29H,7-8,10-17H2,1H3. The van der Waals surface area contributed by atoms with Crippen molar-refractivity contribution in [1.29, 1.82) is 0 Å². The maximum Gasteiger partial charge on any atom is 0.262 e. The number of thiophene rings is 1. The monoisotopic (exact) mass is 504 g/mol. The van der Waals surface area contributed by atoms with Crippen LogP contribution in [0, 0.1) is 0 Å². The van der Waals surface area contributed by atoms with E-state index < -0.39 is 0 Å². The minimum atomic E-state index is 0.0659. The molecule has 1 saturated heterocycles. The fraction of sp³-hybridized carbons (Fsp3) is 0.429. The first-order valence-corrected chi connectivity index (χ1v) is 13.6. The molecule has 8 heteroatoms. The van der Waals surface area contributed by atoms with Gasteiger partial charge in [-0.1, -0.05) is 30.3 Å². The molecule has 0 radical (unpaired) electrons. The number of hydrogen-bond donors (Lipinski definition) is 1. The molecular weight excluding hydrogens is 472 g/mol. The molecule has 3 heterocycles. The van der Waals surface area contributed by atoms with Crippen LogP contribution in [-0.2, 0) is 24.1 Å². The molecule has 4 aromatic rings. The minimum absolute atomic E-state index is 0.0659. The van der Waals surface area contributed by atoms with Crippen LogP contribution in [0.1, 0.15) is 22.4 Å². The van der Waals surface area contributed by atoms with Crippen LogP contribution in [0.15, 0.2) is 47.5 Å². The molecule has 1 atom stereocenters. The number of nitrogens with one attached hydrogen (secondary N) is 1. The molecule has 0 saturated carbocycles. The van der Waals surface area contributed by atoms with Crippen LogP contribution in [0.5, 0.6) is 5.75 Å². The van der Waals surface area contributed by atoms with Gasteiger partial charge in [0.05, 0.1) is 38.6 Å². The van der Waals surface area contributed by atoms with Crippen molar-refractivity contribution in [2.75, 3.05) is 46.5 Å². The second kappa shape index (κ2) is 10.3. The van der Waals surface area contributed by atoms with E-state index in [0.717, 1.165) is 91.0 Å². The molecule has 2 aromatic carbocycles. The lowest BCUT2D eigenvalue weighted by Crippen LogP contribution is -2.43. The highest BCUT2D eigenvalue weighted by Gasteiger charge is 2.25. The number of nitrogens with zero attached hydrogens (tertiary/aromatic N) is 3. The van der Waals surface area contributed by atoms with Gasteiger partial charge in [-0.05, 0) is 41.8 Å². The lowest BCUT2D eigenvalue weighted by molar-refractivity contribution is 0.0381. The first-order valence-electron chi connectivity index (χ1n) is 12.8. The molecule has 1 aliphatic carbocycles. The average Bonchev–Trinajstić information content (AvgIpc) is 3.29. The maximum absolute atomic E-state index is 13.6. The van der Waals surface area contributed by atoms with Gasteiger partial charge in [0.2, 0.25) is 0 Å². The summed E-state index contributed by atoms with van der Waals surface area (Å²) in [4.78, 5) is 23.0. The Hall–Kier alpha value is -2.78. The lowest BCUT2D eigenvalue weighted by atomic mass is 9.93. The number of rotatable bonds is 7. The predicted octanol–water partition coefficient (Wildman–Crippen LogP) is 3.45. The highest BCUT2D eigenvalue weighted by Crippen LogP contribution is 2.34. The highest BCUT2D eigenvalue weighted by molar-refractivity contribution is 7.18. The van der Waals surface area contributed by atoms with Crippen LogP contribution in [0.4, 0.5) is 0 Å². The molecule has 0 spiro atoms. The van der Waals surface area contributed by atoms with E-state index in [0.29, 0.717) is 12.6 Å². The normalized spacial score (nSPS) is 18.5. The quantitative estimate of drug-likeness (QED) is 0.416. The zero-order valence-electron chi connectivity index (χ0n) is 20.7. The smallest absolute Gasteiger partial charge is 0.262 e. The predicted molar refractivity (Wildman–Crippen MR) is 145 cm³/mol. The van der Waals surface area contributed by atoms with Crippen LogP contribution in [0.25, 0.3) is 21.0 Å². The summed E-state index contributed by atoms with van der Waals surface area (Å²) in [6.07, 6.45) is 4.67. The number of methoxy groups -OCH3 is 1. The van der Waals surface area contributed by atoms with Crippen LogP contribution >= 0.6 is 11.3 Å². The number of morpholine rings is 1. The summed E-state index contributed by atoms with van der Waals surface area (Å²) >= 11 is 1.69. The van der Waals surface area contributed by atoms with Crippen LogP contribution in [-0.4, -0.2) is 67.0 Å². The summed E-state index contributed by atoms with van der Waals surface area (Å²) in [5.74, 6) is 0.843. The number of fused-ring (bicyclic) bond motifs is 4. The Morgan fingerprint density at radius 2 is 2.00 bits per heavy atom. The summed E-state index contributed by atoms with van der Waals surface area (Å²) in [6, 6.07) is 12.7. The summed E-state index contributed by atoms with van der Waals surface area (Å²) in [5.41, 5.74) is 2.37. The Labute approximate surface area is 214 Å². The number of hydrogen-bond acceptors (Lipinski definition) is 7. The Kier molecular flexibility index (Phi) is 6.75. The first-order chi connectivity index (χ1) is 17.7. The molecule has 2 aromatic heterocycles. The summed E-state index contributed by atoms with van der Waals surface area (Å²) in [6.45, 7) is 6.27. The number of ether oxygens (including phenoxy) is 2. The largest absolute Gasteiger partial charge is 0.496 e. The van der Waals surface area contributed by atoms with E-state index in [1.807, 2.05) is 24.3 Å². The molecule has 36 heavy (non-hydrogen) atoms. The van der Waals surface area contributed by atoms with Crippen molar-refractivity contribution in [2.45, 2.75) is 31.8 Å². The van der Waals surface area contributed by atoms with Crippen LogP contribution in [0.2, 0.25) is 0 Å². The van der Waals surface area contributed by atoms with Crippen molar-refractivity contribution >= 4 is 32.3 Å². The summed E-state index contributed by atoms with van der Waals surface area (Å²) in [5, 5.41) is 6.73. The van der Waals surface area contributed by atoms with Gasteiger partial charge in [0.1, 0.15) is 10.6 Å². The number of aryl methyl sites for hydroxylation is 1. The van der Waals surface area contributed by atoms with E-state index in [1.54, 1.807) is 29.3 Å². The Balaban J connectivity index is 1.21. The van der Waals surface area contributed by atoms with Crippen molar-refractivity contribution in [2.24, 2.45) is 0 Å². The van der Waals surface area contributed by atoms with Crippen molar-refractivity contribution < 1.29 is 9.47 Å². The summed E-state index contributed by atoms with van der Waals surface area (Å²) < 4.78 is 12.7. The fourth-order valence-corrected chi connectivity index (χ4v) is 6.83. The van der Waals surface area contributed by atoms with E-state index >= 15 is 0 Å². The first kappa shape index (κ1) is 23.6. The number of aromatic nitrogens is 2. The average molecular weight is 505 g/mol. The minimum Gasteiger partial charge on any atom is -0.496 e. The van der Waals surface area contributed by atoms with Gasteiger partial charge in [-0.25, -0.2) is 4.98 Å². The van der Waals surface area contributed by atoms with Crippen molar-refractivity contribution in [3.8, 4) is 5.75 Å². The molecule has 6 rings (SSSR count). The molecule has 1 N–H and O–H groups in total. The topological polar surface area (TPSA) is 68.6 Å². The van der Waals surface area contributed by atoms with Crippen molar-refractivity contribution in [3.05, 3.63) is 69.1 Å². The van der Waals surface area contributed by atoms with E-state index in [2.05, 4.69) is 22.3 Å². The third kappa shape index (κ3) is 4.54. The Morgan fingerprint density at radius 1 is 1.17 bits per heavy atom. The lowest BCUT2D eigenvalue weighted by Gasteiger charge is -2.28. The second-order valence-electron chi connectivity index (χ2n) is 9.68. The van der Waals surface area contributed by atoms with Crippen molar-refractivity contribution in [3.63, 3.8) is 0 Å². The van der Waals surface area contributed by atoms with Gasteiger partial charge in [0, 0.05) is 42.5 Å². The van der Waals surface area contributed by atoms with Crippen LogP contribution < -0.4 is 15.6 Å². The molecule has 188 valence electrons. The van der Waals surface area contributed by atoms with Gasteiger partial charge in [0.25, 0.3) is 5.56 Å². The van der Waals surface area contributed by atoms with Gasteiger partial charge in [-0.2, -0.15) is 0 Å². The summed E-state index contributed by atoms with van der Waals surface area (Å²) in [7, 11) is 1.69. The number of benzene rings is 2. The van der Waals surface area contributed by atoms with Crippen LogP contribution in [0.3, 0.4) is 0 Å². The SMILES string of the molecule is COc1ccc(Cn2cnc3sc4c(c3c2=O)CCC(NCCN2CCOCC2)C4)c2ccccc12. The van der Waals surface area contributed by atoms with E-state index in [4.69, 9.17) is 14.5 Å². The Bertz CT molecular complexity index is 1440. The molecule has 0 bridgehead atoms. The second-order valence-corrected chi connectivity index (χ2v) is 10.8. The van der Waals surface area contributed by atoms with E-state index in [1.165, 1.54) is 10.4 Å². The molecular formula is C28H32N4O3S. The van der Waals surface area contributed by atoms with Gasteiger partial charge in [0.15, 0.2) is 0 Å². The zero-order valence-corrected chi connectivity index (χ0v) is 21.5. The maximum atomic E-state index is 13.6. The van der Waals surface area contributed by atoms with Gasteiger partial charge >= 0.3 is 0 Å². The zero-order chi connectivity index (χ0) is 24.5. The third-order valence-corrected chi connectivity index (χ3v) is 8.70.